The van der Waals surface area contributed by atoms with Crippen molar-refractivity contribution >= 4 is 5.97 Å². The molecule has 1 aliphatic rings. The zero-order chi connectivity index (χ0) is 13.8. The second kappa shape index (κ2) is 6.37. The third-order valence-electron chi connectivity index (χ3n) is 3.25. The van der Waals surface area contributed by atoms with Crippen LogP contribution in [-0.2, 0) is 14.3 Å². The van der Waals surface area contributed by atoms with Crippen LogP contribution in [0.15, 0.2) is 11.6 Å². The highest BCUT2D eigenvalue weighted by Gasteiger charge is 2.30. The van der Waals surface area contributed by atoms with Crippen molar-refractivity contribution in [2.24, 2.45) is 5.41 Å². The summed E-state index contributed by atoms with van der Waals surface area (Å²) >= 11 is 0. The largest absolute Gasteiger partial charge is 0.456 e. The highest BCUT2D eigenvalue weighted by Crippen LogP contribution is 2.36. The minimum absolute atomic E-state index is 0.101. The van der Waals surface area contributed by atoms with E-state index in [-0.39, 0.29) is 17.5 Å². The normalized spacial score (nSPS) is 24.3. The Morgan fingerprint density at radius 2 is 2.17 bits per heavy atom. The zero-order valence-corrected chi connectivity index (χ0v) is 12.3. The van der Waals surface area contributed by atoms with E-state index in [1.165, 1.54) is 5.57 Å². The molecule has 0 heterocycles. The minimum Gasteiger partial charge on any atom is -0.456 e. The standard InChI is InChI=1S/C15H26O3/c1-6-13(17-7-2)14(16)18-12-8-11(3)9-15(4,5)10-12/h8,12-13H,6-7,9-10H2,1-5H3. The summed E-state index contributed by atoms with van der Waals surface area (Å²) in [5.74, 6) is -0.230. The molecule has 3 nitrogen and oxygen atoms in total. The lowest BCUT2D eigenvalue weighted by atomic mass is 9.76. The van der Waals surface area contributed by atoms with Gasteiger partial charge in [0.05, 0.1) is 0 Å². The number of carbonyl (C=O) groups is 1. The highest BCUT2D eigenvalue weighted by atomic mass is 16.6. The Labute approximate surface area is 111 Å². The molecular weight excluding hydrogens is 228 g/mol. The molecule has 3 heteroatoms. The number of ether oxygens (including phenoxy) is 2. The molecule has 0 spiro atoms. The van der Waals surface area contributed by atoms with Gasteiger partial charge >= 0.3 is 5.97 Å². The minimum atomic E-state index is -0.422. The van der Waals surface area contributed by atoms with Gasteiger partial charge in [0.25, 0.3) is 0 Å². The van der Waals surface area contributed by atoms with Crippen LogP contribution in [0.4, 0.5) is 0 Å². The SMILES string of the molecule is CCOC(CC)C(=O)OC1C=C(C)CC(C)(C)C1. The van der Waals surface area contributed by atoms with Gasteiger partial charge in [-0.1, -0.05) is 26.3 Å². The molecule has 0 aromatic heterocycles. The summed E-state index contributed by atoms with van der Waals surface area (Å²) in [4.78, 5) is 12.0. The van der Waals surface area contributed by atoms with Crippen molar-refractivity contribution < 1.29 is 14.3 Å². The number of rotatable bonds is 5. The lowest BCUT2D eigenvalue weighted by Crippen LogP contribution is -2.33. The van der Waals surface area contributed by atoms with Crippen molar-refractivity contribution in [2.45, 2.75) is 66.1 Å². The van der Waals surface area contributed by atoms with Gasteiger partial charge in [0.2, 0.25) is 0 Å². The first-order valence-electron chi connectivity index (χ1n) is 6.87. The Balaban J connectivity index is 2.61. The second-order valence-electron chi connectivity index (χ2n) is 5.89. The summed E-state index contributed by atoms with van der Waals surface area (Å²) in [7, 11) is 0. The van der Waals surface area contributed by atoms with E-state index < -0.39 is 6.10 Å². The predicted molar refractivity (Wildman–Crippen MR) is 72.4 cm³/mol. The van der Waals surface area contributed by atoms with Crippen LogP contribution in [0.1, 0.15) is 53.9 Å². The third-order valence-corrected chi connectivity index (χ3v) is 3.25. The number of allylic oxidation sites excluding steroid dienone is 1. The van der Waals surface area contributed by atoms with Crippen LogP contribution >= 0.6 is 0 Å². The topological polar surface area (TPSA) is 35.5 Å². The number of hydrogen-bond donors (Lipinski definition) is 0. The summed E-state index contributed by atoms with van der Waals surface area (Å²) in [6.07, 6.45) is 4.17. The molecule has 2 unspecified atom stereocenters. The highest BCUT2D eigenvalue weighted by molar-refractivity contribution is 5.75. The fourth-order valence-electron chi connectivity index (χ4n) is 2.66. The van der Waals surface area contributed by atoms with Crippen LogP contribution in [0.25, 0.3) is 0 Å². The van der Waals surface area contributed by atoms with Gasteiger partial charge in [-0.15, -0.1) is 0 Å². The van der Waals surface area contributed by atoms with E-state index in [4.69, 9.17) is 9.47 Å². The van der Waals surface area contributed by atoms with Gasteiger partial charge in [-0.3, -0.25) is 0 Å². The molecule has 0 saturated heterocycles. The van der Waals surface area contributed by atoms with Gasteiger partial charge in [-0.2, -0.15) is 0 Å². The molecule has 0 fully saturated rings. The first-order chi connectivity index (χ1) is 8.38. The van der Waals surface area contributed by atoms with Gasteiger partial charge in [0, 0.05) is 6.61 Å². The van der Waals surface area contributed by atoms with Crippen molar-refractivity contribution in [1.82, 2.24) is 0 Å². The molecule has 0 aliphatic heterocycles. The fraction of sp³-hybridized carbons (Fsp3) is 0.800. The van der Waals surface area contributed by atoms with Crippen LogP contribution in [0.5, 0.6) is 0 Å². The number of esters is 1. The monoisotopic (exact) mass is 254 g/mol. The van der Waals surface area contributed by atoms with Crippen LogP contribution in [0.3, 0.4) is 0 Å². The Morgan fingerprint density at radius 1 is 1.50 bits per heavy atom. The molecular formula is C15H26O3. The van der Waals surface area contributed by atoms with Crippen molar-refractivity contribution in [3.63, 3.8) is 0 Å². The molecule has 0 bridgehead atoms. The van der Waals surface area contributed by atoms with Crippen molar-refractivity contribution in [1.29, 1.82) is 0 Å². The molecule has 104 valence electrons. The van der Waals surface area contributed by atoms with E-state index in [2.05, 4.69) is 26.8 Å². The van der Waals surface area contributed by atoms with Gasteiger partial charge in [-0.05, 0) is 44.6 Å². The first-order valence-corrected chi connectivity index (χ1v) is 6.87. The molecule has 0 radical (unpaired) electrons. The molecule has 0 aromatic carbocycles. The van der Waals surface area contributed by atoms with Crippen LogP contribution < -0.4 is 0 Å². The molecule has 2 atom stereocenters. The van der Waals surface area contributed by atoms with E-state index in [1.807, 2.05) is 13.8 Å². The average Bonchev–Trinajstić information content (AvgIpc) is 2.22. The molecule has 0 amide bonds. The fourth-order valence-corrected chi connectivity index (χ4v) is 2.66. The Bertz CT molecular complexity index is 318. The van der Waals surface area contributed by atoms with Crippen LogP contribution in [0, 0.1) is 5.41 Å². The quantitative estimate of drug-likeness (QED) is 0.556. The van der Waals surface area contributed by atoms with Gasteiger partial charge in [0.15, 0.2) is 6.10 Å². The lowest BCUT2D eigenvalue weighted by molar-refractivity contribution is -0.162. The van der Waals surface area contributed by atoms with E-state index in [0.717, 1.165) is 12.8 Å². The smallest absolute Gasteiger partial charge is 0.335 e. The lowest BCUT2D eigenvalue weighted by Gasteiger charge is -2.33. The summed E-state index contributed by atoms with van der Waals surface area (Å²) in [5.41, 5.74) is 1.51. The van der Waals surface area contributed by atoms with Gasteiger partial charge < -0.3 is 9.47 Å². The van der Waals surface area contributed by atoms with Crippen LogP contribution in [0.2, 0.25) is 0 Å². The first kappa shape index (κ1) is 15.2. The molecule has 0 aromatic rings. The second-order valence-corrected chi connectivity index (χ2v) is 5.89. The molecule has 0 N–H and O–H groups in total. The summed E-state index contributed by atoms with van der Waals surface area (Å²) in [6, 6.07) is 0. The summed E-state index contributed by atoms with van der Waals surface area (Å²) < 4.78 is 10.9. The molecule has 1 aliphatic carbocycles. The van der Waals surface area contributed by atoms with Crippen molar-refractivity contribution in [3.8, 4) is 0 Å². The van der Waals surface area contributed by atoms with E-state index in [1.54, 1.807) is 0 Å². The van der Waals surface area contributed by atoms with E-state index in [0.29, 0.717) is 13.0 Å². The maximum absolute atomic E-state index is 12.0. The molecule has 18 heavy (non-hydrogen) atoms. The maximum atomic E-state index is 12.0. The third kappa shape index (κ3) is 4.45. The maximum Gasteiger partial charge on any atom is 0.335 e. The Hall–Kier alpha value is -0.830. The van der Waals surface area contributed by atoms with E-state index in [9.17, 15) is 4.79 Å². The van der Waals surface area contributed by atoms with E-state index >= 15 is 0 Å². The molecule has 0 saturated carbocycles. The average molecular weight is 254 g/mol. The summed E-state index contributed by atoms with van der Waals surface area (Å²) in [5, 5.41) is 0. The van der Waals surface area contributed by atoms with Crippen molar-refractivity contribution in [2.75, 3.05) is 6.61 Å². The van der Waals surface area contributed by atoms with Gasteiger partial charge in [-0.25, -0.2) is 4.79 Å². The predicted octanol–water partition coefficient (Wildman–Crippen LogP) is 3.48. The Kier molecular flexibility index (Phi) is 5.39. The molecule has 1 rings (SSSR count). The zero-order valence-electron chi connectivity index (χ0n) is 12.3. The Morgan fingerprint density at radius 3 is 2.67 bits per heavy atom. The summed E-state index contributed by atoms with van der Waals surface area (Å²) in [6.45, 7) is 10.9. The van der Waals surface area contributed by atoms with Gasteiger partial charge in [0.1, 0.15) is 6.10 Å². The van der Waals surface area contributed by atoms with Crippen LogP contribution in [-0.4, -0.2) is 24.8 Å². The van der Waals surface area contributed by atoms with Crippen molar-refractivity contribution in [3.05, 3.63) is 11.6 Å². The number of carbonyl (C=O) groups excluding carboxylic acids is 1. The number of hydrogen-bond acceptors (Lipinski definition) is 3.